The molecule has 1 unspecified atom stereocenters. The summed E-state index contributed by atoms with van der Waals surface area (Å²) in [6.07, 6.45) is 2.87. The van der Waals surface area contributed by atoms with Gasteiger partial charge < -0.3 is 10.7 Å². The number of aromatic nitrogens is 2. The first-order valence-electron chi connectivity index (χ1n) is 4.58. The highest BCUT2D eigenvalue weighted by Gasteiger charge is 2.06. The topological polar surface area (TPSA) is 54.7 Å². The maximum atomic E-state index is 5.61. The van der Waals surface area contributed by atoms with E-state index in [2.05, 4.69) is 16.9 Å². The van der Waals surface area contributed by atoms with Gasteiger partial charge in [-0.1, -0.05) is 6.92 Å². The summed E-state index contributed by atoms with van der Waals surface area (Å²) in [6, 6.07) is 0. The third-order valence-electron chi connectivity index (χ3n) is 2.11. The summed E-state index contributed by atoms with van der Waals surface area (Å²) >= 11 is 1.89. The van der Waals surface area contributed by atoms with E-state index in [-0.39, 0.29) is 0 Å². The fourth-order valence-electron chi connectivity index (χ4n) is 1.08. The average Bonchev–Trinajstić information content (AvgIpc) is 2.54. The molecule has 0 fully saturated rings. The molecule has 0 aliphatic carbocycles. The SMILES string of the molecule is CCC(CN)SCc1nc[nH]c1C. The van der Waals surface area contributed by atoms with Crippen LogP contribution in [0.4, 0.5) is 0 Å². The zero-order valence-corrected chi connectivity index (χ0v) is 9.03. The van der Waals surface area contributed by atoms with Crippen LogP contribution in [-0.2, 0) is 5.75 Å². The number of imidazole rings is 1. The molecule has 1 aromatic heterocycles. The predicted octanol–water partition coefficient (Wildman–Crippen LogP) is 1.69. The van der Waals surface area contributed by atoms with Crippen LogP contribution < -0.4 is 5.73 Å². The van der Waals surface area contributed by atoms with E-state index in [9.17, 15) is 0 Å². The molecule has 0 saturated heterocycles. The number of aromatic amines is 1. The first-order valence-corrected chi connectivity index (χ1v) is 5.63. The van der Waals surface area contributed by atoms with Gasteiger partial charge in [-0.2, -0.15) is 11.8 Å². The van der Waals surface area contributed by atoms with Gasteiger partial charge in [-0.3, -0.25) is 0 Å². The minimum Gasteiger partial charge on any atom is -0.348 e. The number of thioether (sulfide) groups is 1. The Morgan fingerprint density at radius 1 is 1.69 bits per heavy atom. The monoisotopic (exact) mass is 199 g/mol. The smallest absolute Gasteiger partial charge is 0.0925 e. The van der Waals surface area contributed by atoms with Crippen molar-refractivity contribution in [1.82, 2.24) is 9.97 Å². The quantitative estimate of drug-likeness (QED) is 0.758. The molecule has 0 amide bonds. The van der Waals surface area contributed by atoms with E-state index in [1.165, 1.54) is 5.69 Å². The molecule has 0 saturated carbocycles. The van der Waals surface area contributed by atoms with Gasteiger partial charge in [0.2, 0.25) is 0 Å². The molecular formula is C9H17N3S. The fraction of sp³-hybridized carbons (Fsp3) is 0.667. The first-order chi connectivity index (χ1) is 6.27. The Hall–Kier alpha value is -0.480. The van der Waals surface area contributed by atoms with Gasteiger partial charge in [0.1, 0.15) is 0 Å². The minimum absolute atomic E-state index is 0.566. The Morgan fingerprint density at radius 2 is 2.46 bits per heavy atom. The highest BCUT2D eigenvalue weighted by atomic mass is 32.2. The van der Waals surface area contributed by atoms with Crippen molar-refractivity contribution in [2.45, 2.75) is 31.3 Å². The molecule has 3 N–H and O–H groups in total. The summed E-state index contributed by atoms with van der Waals surface area (Å²) in [4.78, 5) is 7.31. The van der Waals surface area contributed by atoms with Crippen molar-refractivity contribution in [2.24, 2.45) is 5.73 Å². The van der Waals surface area contributed by atoms with Crippen LogP contribution in [0.3, 0.4) is 0 Å². The summed E-state index contributed by atoms with van der Waals surface area (Å²) in [7, 11) is 0. The molecule has 1 heterocycles. The Bertz CT molecular complexity index is 243. The third-order valence-corrected chi connectivity index (χ3v) is 3.55. The summed E-state index contributed by atoms with van der Waals surface area (Å²) in [5.41, 5.74) is 7.93. The van der Waals surface area contributed by atoms with Crippen LogP contribution in [0.2, 0.25) is 0 Å². The van der Waals surface area contributed by atoms with Crippen LogP contribution in [0.1, 0.15) is 24.7 Å². The number of nitrogens with two attached hydrogens (primary N) is 1. The molecule has 0 radical (unpaired) electrons. The van der Waals surface area contributed by atoms with Gasteiger partial charge in [-0.15, -0.1) is 0 Å². The summed E-state index contributed by atoms with van der Waals surface area (Å²) in [5.74, 6) is 0.963. The second-order valence-electron chi connectivity index (χ2n) is 3.05. The van der Waals surface area contributed by atoms with Crippen molar-refractivity contribution in [3.05, 3.63) is 17.7 Å². The number of nitrogens with zero attached hydrogens (tertiary/aromatic N) is 1. The Kier molecular flexibility index (Phi) is 4.32. The normalized spacial score (nSPS) is 13.2. The zero-order valence-electron chi connectivity index (χ0n) is 8.21. The molecule has 13 heavy (non-hydrogen) atoms. The van der Waals surface area contributed by atoms with Gasteiger partial charge in [0.15, 0.2) is 0 Å². The lowest BCUT2D eigenvalue weighted by Crippen LogP contribution is -2.15. The first kappa shape index (κ1) is 10.6. The Labute approximate surface area is 83.5 Å². The molecule has 1 rings (SSSR count). The summed E-state index contributed by atoms with van der Waals surface area (Å²) < 4.78 is 0. The van der Waals surface area contributed by atoms with E-state index in [1.807, 2.05) is 18.7 Å². The standard InChI is InChI=1S/C9H17N3S/c1-3-8(4-10)13-5-9-7(2)11-6-12-9/h6,8H,3-5,10H2,1-2H3,(H,11,12). The van der Waals surface area contributed by atoms with Crippen LogP contribution in [0, 0.1) is 6.92 Å². The van der Waals surface area contributed by atoms with Crippen LogP contribution in [-0.4, -0.2) is 21.8 Å². The van der Waals surface area contributed by atoms with E-state index >= 15 is 0 Å². The van der Waals surface area contributed by atoms with E-state index in [1.54, 1.807) is 6.33 Å². The van der Waals surface area contributed by atoms with Gasteiger partial charge in [0, 0.05) is 23.2 Å². The molecule has 1 aromatic rings. The molecule has 0 bridgehead atoms. The number of aryl methyl sites for hydroxylation is 1. The van der Waals surface area contributed by atoms with E-state index in [4.69, 9.17) is 5.73 Å². The second kappa shape index (κ2) is 5.29. The molecule has 0 aliphatic heterocycles. The maximum Gasteiger partial charge on any atom is 0.0925 e. The number of hydrogen-bond acceptors (Lipinski definition) is 3. The summed E-state index contributed by atoms with van der Waals surface area (Å²) in [6.45, 7) is 4.97. The zero-order chi connectivity index (χ0) is 9.68. The van der Waals surface area contributed by atoms with Crippen molar-refractivity contribution in [3.63, 3.8) is 0 Å². The van der Waals surface area contributed by atoms with Crippen molar-refractivity contribution >= 4 is 11.8 Å². The lowest BCUT2D eigenvalue weighted by Gasteiger charge is -2.10. The molecule has 74 valence electrons. The van der Waals surface area contributed by atoms with Crippen LogP contribution in [0.25, 0.3) is 0 Å². The molecular weight excluding hydrogens is 182 g/mol. The third kappa shape index (κ3) is 3.04. The van der Waals surface area contributed by atoms with Gasteiger partial charge >= 0.3 is 0 Å². The Balaban J connectivity index is 2.38. The molecule has 0 aromatic carbocycles. The molecule has 1 atom stereocenters. The van der Waals surface area contributed by atoms with Gasteiger partial charge in [-0.05, 0) is 13.3 Å². The lowest BCUT2D eigenvalue weighted by atomic mass is 10.3. The highest BCUT2D eigenvalue weighted by Crippen LogP contribution is 2.19. The fourth-order valence-corrected chi connectivity index (χ4v) is 2.14. The average molecular weight is 199 g/mol. The van der Waals surface area contributed by atoms with Crippen LogP contribution in [0.15, 0.2) is 6.33 Å². The number of hydrogen-bond donors (Lipinski definition) is 2. The van der Waals surface area contributed by atoms with Gasteiger partial charge in [0.25, 0.3) is 0 Å². The second-order valence-corrected chi connectivity index (χ2v) is 4.34. The predicted molar refractivity (Wildman–Crippen MR) is 57.8 cm³/mol. The van der Waals surface area contributed by atoms with Crippen molar-refractivity contribution in [1.29, 1.82) is 0 Å². The van der Waals surface area contributed by atoms with E-state index < -0.39 is 0 Å². The molecule has 3 nitrogen and oxygen atoms in total. The highest BCUT2D eigenvalue weighted by molar-refractivity contribution is 7.99. The van der Waals surface area contributed by atoms with Crippen molar-refractivity contribution in [3.8, 4) is 0 Å². The number of H-pyrrole nitrogens is 1. The maximum absolute atomic E-state index is 5.61. The van der Waals surface area contributed by atoms with Crippen LogP contribution in [0.5, 0.6) is 0 Å². The van der Waals surface area contributed by atoms with Crippen molar-refractivity contribution < 1.29 is 0 Å². The van der Waals surface area contributed by atoms with Crippen LogP contribution >= 0.6 is 11.8 Å². The van der Waals surface area contributed by atoms with Gasteiger partial charge in [0.05, 0.1) is 12.0 Å². The lowest BCUT2D eigenvalue weighted by molar-refractivity contribution is 0.826. The molecule has 0 spiro atoms. The minimum atomic E-state index is 0.566. The number of nitrogens with one attached hydrogen (secondary N) is 1. The van der Waals surface area contributed by atoms with E-state index in [0.717, 1.165) is 24.4 Å². The molecule has 4 heteroatoms. The van der Waals surface area contributed by atoms with E-state index in [0.29, 0.717) is 5.25 Å². The largest absolute Gasteiger partial charge is 0.348 e. The van der Waals surface area contributed by atoms with Crippen molar-refractivity contribution in [2.75, 3.05) is 6.54 Å². The number of rotatable bonds is 5. The Morgan fingerprint density at radius 3 is 2.92 bits per heavy atom. The summed E-state index contributed by atoms with van der Waals surface area (Å²) in [5, 5.41) is 0.566. The van der Waals surface area contributed by atoms with Gasteiger partial charge in [-0.25, -0.2) is 4.98 Å². The molecule has 0 aliphatic rings.